The molecule has 0 saturated carbocycles. The molecule has 6 rings (SSSR count). The molecule has 4 atom stereocenters. The molecular weight excluding hydrogens is 713 g/mol. The third-order valence-electron chi connectivity index (χ3n) is 10.3. The molecule has 0 spiro atoms. The number of rotatable bonds is 9. The van der Waals surface area contributed by atoms with Crippen LogP contribution in [0, 0.1) is 35.5 Å². The molecular formula is C42H48N8O6. The van der Waals surface area contributed by atoms with E-state index in [9.17, 15) is 19.2 Å². The lowest BCUT2D eigenvalue weighted by molar-refractivity contribution is -0.136. The zero-order valence-corrected chi connectivity index (χ0v) is 32.6. The van der Waals surface area contributed by atoms with Gasteiger partial charge in [-0.2, -0.15) is 0 Å². The lowest BCUT2D eigenvalue weighted by Gasteiger charge is -2.29. The number of H-pyrrole nitrogens is 2. The zero-order valence-electron chi connectivity index (χ0n) is 32.6. The number of amides is 4. The number of nitrogens with one attached hydrogen (secondary N) is 4. The van der Waals surface area contributed by atoms with Crippen LogP contribution in [0.4, 0.5) is 9.59 Å². The molecule has 0 aliphatic carbocycles. The predicted octanol–water partition coefficient (Wildman–Crippen LogP) is 5.44. The van der Waals surface area contributed by atoms with Crippen LogP contribution in [0.3, 0.4) is 0 Å². The summed E-state index contributed by atoms with van der Waals surface area (Å²) < 4.78 is 9.47. The molecule has 4 amide bonds. The monoisotopic (exact) mass is 760 g/mol. The number of likely N-dealkylation sites (tertiary alicyclic amines) is 2. The average molecular weight is 761 g/mol. The lowest BCUT2D eigenvalue weighted by Crippen LogP contribution is -2.51. The van der Waals surface area contributed by atoms with Crippen molar-refractivity contribution in [2.75, 3.05) is 27.3 Å². The minimum Gasteiger partial charge on any atom is -0.453 e. The first-order valence-electron chi connectivity index (χ1n) is 18.9. The largest absolute Gasteiger partial charge is 0.453 e. The summed E-state index contributed by atoms with van der Waals surface area (Å²) in [6.07, 6.45) is 5.50. The number of aromatic nitrogens is 4. The van der Waals surface area contributed by atoms with E-state index in [1.807, 2.05) is 64.2 Å². The highest BCUT2D eigenvalue weighted by Crippen LogP contribution is 2.34. The van der Waals surface area contributed by atoms with E-state index in [1.54, 1.807) is 16.0 Å². The quantitative estimate of drug-likeness (QED) is 0.163. The van der Waals surface area contributed by atoms with Gasteiger partial charge in [0.15, 0.2) is 0 Å². The van der Waals surface area contributed by atoms with E-state index in [0.29, 0.717) is 30.4 Å². The molecule has 4 N–H and O–H groups in total. The summed E-state index contributed by atoms with van der Waals surface area (Å²) in [5, 5.41) is 7.40. The summed E-state index contributed by atoms with van der Waals surface area (Å²) >= 11 is 0. The van der Waals surface area contributed by atoms with Crippen LogP contribution in [0.25, 0.3) is 22.0 Å². The SMILES string of the molecule is COC(=O)N[C@H](C(=O)N1CCC[C@H]1c1nc(C#CC#Cc2ccc3cc(-c4c[nH]c([C@@H]5CCCN5C(=O)[C@@H](NC(=O)OC)C(C)C)n4)ccc3c2)c[nH]1)C(C)C. The fourth-order valence-electron chi connectivity index (χ4n) is 7.29. The number of methoxy groups -OCH3 is 2. The van der Waals surface area contributed by atoms with Crippen molar-refractivity contribution in [1.29, 1.82) is 0 Å². The molecule has 2 fully saturated rings. The van der Waals surface area contributed by atoms with Crippen molar-refractivity contribution < 1.29 is 28.7 Å². The Balaban J connectivity index is 1.10. The summed E-state index contributed by atoms with van der Waals surface area (Å²) in [7, 11) is 2.56. The van der Waals surface area contributed by atoms with Gasteiger partial charge in [-0.25, -0.2) is 19.6 Å². The summed E-state index contributed by atoms with van der Waals surface area (Å²) in [6, 6.07) is 10.2. The number of benzene rings is 2. The molecule has 292 valence electrons. The molecule has 0 bridgehead atoms. The van der Waals surface area contributed by atoms with Crippen molar-refractivity contribution in [1.82, 2.24) is 40.4 Å². The number of hydrogen-bond donors (Lipinski definition) is 4. The van der Waals surface area contributed by atoms with E-state index in [-0.39, 0.29) is 35.7 Å². The highest BCUT2D eigenvalue weighted by Gasteiger charge is 2.39. The van der Waals surface area contributed by atoms with E-state index >= 15 is 0 Å². The molecule has 0 radical (unpaired) electrons. The summed E-state index contributed by atoms with van der Waals surface area (Å²) in [5.74, 6) is 12.7. The molecule has 4 heterocycles. The van der Waals surface area contributed by atoms with Gasteiger partial charge in [-0.05, 0) is 84.3 Å². The molecule has 2 aromatic heterocycles. The second-order valence-electron chi connectivity index (χ2n) is 14.7. The summed E-state index contributed by atoms with van der Waals surface area (Å²) in [5.41, 5.74) is 3.06. The van der Waals surface area contributed by atoms with Gasteiger partial charge in [-0.15, -0.1) is 0 Å². The molecule has 2 aliphatic heterocycles. The van der Waals surface area contributed by atoms with Gasteiger partial charge >= 0.3 is 12.2 Å². The number of imidazole rings is 2. The number of fused-ring (bicyclic) bond motifs is 1. The molecule has 2 saturated heterocycles. The molecule has 2 aliphatic rings. The first-order valence-corrected chi connectivity index (χ1v) is 18.9. The van der Waals surface area contributed by atoms with Gasteiger partial charge in [0.25, 0.3) is 0 Å². The van der Waals surface area contributed by atoms with Crippen LogP contribution in [0.5, 0.6) is 0 Å². The third kappa shape index (κ3) is 8.81. The summed E-state index contributed by atoms with van der Waals surface area (Å²) in [6.45, 7) is 8.71. The standard InChI is InChI=1S/C42H48N8O6/c1-25(2)35(47-41(53)55-5)39(51)49-19-9-13-33(49)37-43-23-31(45-37)12-8-7-11-27-15-16-29-22-30(18-17-28(29)21-27)32-24-44-38(46-32)34-14-10-20-50(34)40(52)36(26(3)4)48-42(54)56-6/h15-18,21-26,33-36H,9-10,13-14,19-20H2,1-6H3,(H,43,45)(H,44,46)(H,47,53)(H,48,54)/t33-,34-,35-,36-/m0/s1. The highest BCUT2D eigenvalue weighted by atomic mass is 16.5. The van der Waals surface area contributed by atoms with Crippen LogP contribution in [0.1, 0.15) is 88.4 Å². The van der Waals surface area contributed by atoms with Crippen LogP contribution >= 0.6 is 0 Å². The van der Waals surface area contributed by atoms with E-state index < -0.39 is 24.3 Å². The Labute approximate surface area is 326 Å². The number of ether oxygens (including phenoxy) is 2. The Morgan fingerprint density at radius 2 is 1.27 bits per heavy atom. The van der Waals surface area contributed by atoms with Gasteiger partial charge in [0.2, 0.25) is 11.8 Å². The van der Waals surface area contributed by atoms with Crippen LogP contribution < -0.4 is 10.6 Å². The molecule has 56 heavy (non-hydrogen) atoms. The minimum absolute atomic E-state index is 0.110. The predicted molar refractivity (Wildman–Crippen MR) is 210 cm³/mol. The van der Waals surface area contributed by atoms with Gasteiger partial charge < -0.3 is 39.9 Å². The van der Waals surface area contributed by atoms with Crippen molar-refractivity contribution in [2.45, 2.75) is 77.5 Å². The Morgan fingerprint density at radius 1 is 0.732 bits per heavy atom. The maximum atomic E-state index is 13.5. The highest BCUT2D eigenvalue weighted by molar-refractivity contribution is 5.89. The number of hydrogen-bond acceptors (Lipinski definition) is 8. The topological polar surface area (TPSA) is 175 Å². The first-order chi connectivity index (χ1) is 27.0. The van der Waals surface area contributed by atoms with Crippen LogP contribution in [0.15, 0.2) is 48.8 Å². The van der Waals surface area contributed by atoms with Crippen LogP contribution in [-0.2, 0) is 19.1 Å². The zero-order chi connectivity index (χ0) is 39.9. The Hall–Kier alpha value is -6.28. The van der Waals surface area contributed by atoms with Gasteiger partial charge in [0.1, 0.15) is 29.4 Å². The van der Waals surface area contributed by atoms with E-state index in [4.69, 9.17) is 14.5 Å². The number of carbonyl (C=O) groups excluding carboxylic acids is 4. The molecule has 2 aromatic carbocycles. The maximum Gasteiger partial charge on any atom is 0.407 e. The Bertz CT molecular complexity index is 2220. The van der Waals surface area contributed by atoms with Gasteiger partial charge in [0.05, 0.1) is 32.0 Å². The first kappa shape index (κ1) is 39.4. The van der Waals surface area contributed by atoms with Crippen LogP contribution in [0.2, 0.25) is 0 Å². The number of nitrogens with zero attached hydrogens (tertiary/aromatic N) is 4. The molecule has 14 nitrogen and oxygen atoms in total. The second kappa shape index (κ2) is 17.5. The van der Waals surface area contributed by atoms with Crippen LogP contribution in [-0.4, -0.2) is 93.1 Å². The van der Waals surface area contributed by atoms with E-state index in [1.165, 1.54) is 14.2 Å². The number of aromatic amines is 2. The lowest BCUT2D eigenvalue weighted by atomic mass is 10.0. The fraction of sp³-hybridized carbons (Fsp3) is 0.429. The van der Waals surface area contributed by atoms with Crippen molar-refractivity contribution in [3.8, 4) is 34.9 Å². The fourth-order valence-corrected chi connectivity index (χ4v) is 7.29. The summed E-state index contributed by atoms with van der Waals surface area (Å²) in [4.78, 5) is 70.3. The van der Waals surface area contributed by atoms with Crippen molar-refractivity contribution in [2.24, 2.45) is 11.8 Å². The molecule has 0 unspecified atom stereocenters. The smallest absolute Gasteiger partial charge is 0.407 e. The van der Waals surface area contributed by atoms with E-state index in [2.05, 4.69) is 55.3 Å². The average Bonchev–Trinajstić information content (AvgIpc) is 4.03. The van der Waals surface area contributed by atoms with Crippen molar-refractivity contribution in [3.63, 3.8) is 0 Å². The van der Waals surface area contributed by atoms with Crippen molar-refractivity contribution in [3.05, 3.63) is 71.7 Å². The molecule has 4 aromatic rings. The van der Waals surface area contributed by atoms with Gasteiger partial charge in [-0.1, -0.05) is 51.8 Å². The van der Waals surface area contributed by atoms with Gasteiger partial charge in [0, 0.05) is 36.6 Å². The van der Waals surface area contributed by atoms with E-state index in [0.717, 1.165) is 53.3 Å². The maximum absolute atomic E-state index is 13.5. The number of alkyl carbamates (subject to hydrolysis) is 2. The Kier molecular flexibility index (Phi) is 12.3. The second-order valence-corrected chi connectivity index (χ2v) is 14.7. The minimum atomic E-state index is -0.703. The Morgan fingerprint density at radius 3 is 1.86 bits per heavy atom. The third-order valence-corrected chi connectivity index (χ3v) is 10.3. The van der Waals surface area contributed by atoms with Crippen molar-refractivity contribution >= 4 is 34.8 Å². The normalized spacial score (nSPS) is 17.5. The number of carbonyl (C=O) groups is 4. The molecule has 14 heteroatoms. The van der Waals surface area contributed by atoms with Gasteiger partial charge in [-0.3, -0.25) is 9.59 Å².